The molecule has 2 N–H and O–H groups in total. The summed E-state index contributed by atoms with van der Waals surface area (Å²) in [6.07, 6.45) is -0.0138. The van der Waals surface area contributed by atoms with Crippen LogP contribution in [0.15, 0.2) is 0 Å². The van der Waals surface area contributed by atoms with E-state index in [1.54, 1.807) is 0 Å². The van der Waals surface area contributed by atoms with E-state index >= 15 is 0 Å². The lowest BCUT2D eigenvalue weighted by molar-refractivity contribution is -0.120. The molecule has 2 radical (unpaired) electrons. The Balaban J connectivity index is 3.14. The molecule has 0 aliphatic rings. The van der Waals surface area contributed by atoms with Gasteiger partial charge in [0.2, 0.25) is 11.8 Å². The number of rotatable bonds is 4. The quantitative estimate of drug-likeness (QED) is 0.395. The first kappa shape index (κ1) is 10.0. The zero-order valence-electron chi connectivity index (χ0n) is 6.52. The summed E-state index contributed by atoms with van der Waals surface area (Å²) >= 11 is 0. The zero-order valence-corrected chi connectivity index (χ0v) is 6.52. The fourth-order valence-electron chi connectivity index (χ4n) is 0.513. The van der Waals surface area contributed by atoms with E-state index in [1.807, 2.05) is 0 Å². The summed E-state index contributed by atoms with van der Waals surface area (Å²) in [5.74, 6) is -0.317. The highest BCUT2D eigenvalue weighted by molar-refractivity contribution is 6.19. The summed E-state index contributed by atoms with van der Waals surface area (Å²) in [6.45, 7) is 2.29. The molecule has 0 saturated heterocycles. The van der Waals surface area contributed by atoms with E-state index in [0.29, 0.717) is 13.1 Å². The van der Waals surface area contributed by atoms with Crippen molar-refractivity contribution in [1.82, 2.24) is 10.6 Å². The molecule has 0 atom stereocenters. The Morgan fingerprint density at radius 1 is 1.27 bits per heavy atom. The summed E-state index contributed by atoms with van der Waals surface area (Å²) in [5, 5.41) is 5.04. The second kappa shape index (κ2) is 5.76. The molecule has 0 spiro atoms. The van der Waals surface area contributed by atoms with Crippen molar-refractivity contribution in [2.24, 2.45) is 0 Å². The maximum Gasteiger partial charge on any atom is 0.216 e. The van der Waals surface area contributed by atoms with Crippen LogP contribution >= 0.6 is 0 Å². The van der Waals surface area contributed by atoms with Crippen molar-refractivity contribution >= 4 is 19.7 Å². The van der Waals surface area contributed by atoms with Gasteiger partial charge in [-0.15, -0.1) is 0 Å². The summed E-state index contributed by atoms with van der Waals surface area (Å²) in [6, 6.07) is 0. The number of hydrogen-bond acceptors (Lipinski definition) is 2. The Kier molecular flexibility index (Phi) is 5.24. The molecular formula is C6H11BN2O2. The average Bonchev–Trinajstić information content (AvgIpc) is 1.97. The third-order valence-electron chi connectivity index (χ3n) is 1.01. The van der Waals surface area contributed by atoms with Crippen LogP contribution in [0.5, 0.6) is 0 Å². The Bertz CT molecular complexity index is 150. The number of amides is 2. The minimum atomic E-state index is -0.213. The molecule has 2 amide bonds. The van der Waals surface area contributed by atoms with Crippen molar-refractivity contribution < 1.29 is 9.59 Å². The molecular weight excluding hydrogens is 143 g/mol. The number of hydrogen-bond donors (Lipinski definition) is 2. The van der Waals surface area contributed by atoms with Crippen molar-refractivity contribution in [3.05, 3.63) is 0 Å². The summed E-state index contributed by atoms with van der Waals surface area (Å²) in [4.78, 5) is 20.8. The van der Waals surface area contributed by atoms with Crippen molar-refractivity contribution in [3.63, 3.8) is 0 Å². The molecule has 4 nitrogen and oxygen atoms in total. The minimum absolute atomic E-state index is 0.0138. The highest BCUT2D eigenvalue weighted by Gasteiger charge is 1.94. The zero-order chi connectivity index (χ0) is 8.69. The summed E-state index contributed by atoms with van der Waals surface area (Å²) in [7, 11) is 5.01. The first-order chi connectivity index (χ1) is 5.16. The smallest absolute Gasteiger partial charge is 0.216 e. The van der Waals surface area contributed by atoms with Crippen LogP contribution in [0.3, 0.4) is 0 Å². The maximum absolute atomic E-state index is 10.5. The van der Waals surface area contributed by atoms with Gasteiger partial charge in [-0.05, 0) is 6.32 Å². The lowest BCUT2D eigenvalue weighted by Gasteiger charge is -2.02. The van der Waals surface area contributed by atoms with E-state index in [0.717, 1.165) is 0 Å². The van der Waals surface area contributed by atoms with Gasteiger partial charge in [0.1, 0.15) is 0 Å². The van der Waals surface area contributed by atoms with Crippen LogP contribution in [0.4, 0.5) is 0 Å². The fourth-order valence-corrected chi connectivity index (χ4v) is 0.513. The number of nitrogens with one attached hydrogen (secondary N) is 2. The first-order valence-electron chi connectivity index (χ1n) is 3.38. The van der Waals surface area contributed by atoms with E-state index in [1.165, 1.54) is 6.92 Å². The first-order valence-corrected chi connectivity index (χ1v) is 3.38. The number of carbonyl (C=O) groups excluding carboxylic acids is 2. The summed E-state index contributed by atoms with van der Waals surface area (Å²) < 4.78 is 0. The van der Waals surface area contributed by atoms with E-state index in [9.17, 15) is 9.59 Å². The standard InChI is InChI=1S/C6H11BN2O2/c1-5(10)8-2-3-9-6(11)4-7/h2-4H2,1H3,(H,8,10)(H,9,11). The molecule has 0 aromatic carbocycles. The Labute approximate surface area is 67.1 Å². The highest BCUT2D eigenvalue weighted by Crippen LogP contribution is 1.69. The Morgan fingerprint density at radius 3 is 2.27 bits per heavy atom. The molecule has 0 rings (SSSR count). The molecule has 0 aliphatic carbocycles. The van der Waals surface area contributed by atoms with Gasteiger partial charge in [-0.25, -0.2) is 0 Å². The molecule has 0 aromatic heterocycles. The van der Waals surface area contributed by atoms with Crippen LogP contribution in [-0.4, -0.2) is 32.8 Å². The second-order valence-corrected chi connectivity index (χ2v) is 2.04. The van der Waals surface area contributed by atoms with E-state index < -0.39 is 0 Å². The molecule has 0 aromatic rings. The fraction of sp³-hybridized carbons (Fsp3) is 0.667. The largest absolute Gasteiger partial charge is 0.355 e. The number of carbonyl (C=O) groups is 2. The molecule has 5 heteroatoms. The molecule has 0 unspecified atom stereocenters. The molecule has 0 fully saturated rings. The van der Waals surface area contributed by atoms with Gasteiger partial charge in [0.25, 0.3) is 0 Å². The predicted molar refractivity (Wildman–Crippen MR) is 42.3 cm³/mol. The summed E-state index contributed by atoms with van der Waals surface area (Å²) in [5.41, 5.74) is 0. The normalized spacial score (nSPS) is 8.82. The second-order valence-electron chi connectivity index (χ2n) is 2.04. The van der Waals surface area contributed by atoms with E-state index in [4.69, 9.17) is 7.85 Å². The minimum Gasteiger partial charge on any atom is -0.355 e. The van der Waals surface area contributed by atoms with Gasteiger partial charge >= 0.3 is 0 Å². The van der Waals surface area contributed by atoms with Crippen LogP contribution < -0.4 is 10.6 Å². The Hall–Kier alpha value is -0.995. The van der Waals surface area contributed by atoms with E-state index in [-0.39, 0.29) is 18.1 Å². The lowest BCUT2D eigenvalue weighted by Crippen LogP contribution is -2.33. The van der Waals surface area contributed by atoms with Gasteiger partial charge in [-0.1, -0.05) is 0 Å². The molecule has 0 aliphatic heterocycles. The van der Waals surface area contributed by atoms with Gasteiger partial charge in [-0.2, -0.15) is 0 Å². The van der Waals surface area contributed by atoms with Gasteiger partial charge < -0.3 is 10.6 Å². The van der Waals surface area contributed by atoms with Crippen molar-refractivity contribution in [1.29, 1.82) is 0 Å². The lowest BCUT2D eigenvalue weighted by atomic mass is 10.1. The van der Waals surface area contributed by atoms with Crippen LogP contribution in [-0.2, 0) is 9.59 Å². The third-order valence-corrected chi connectivity index (χ3v) is 1.01. The molecule has 60 valence electrons. The molecule has 0 saturated carbocycles. The van der Waals surface area contributed by atoms with Crippen molar-refractivity contribution in [2.45, 2.75) is 13.2 Å². The topological polar surface area (TPSA) is 58.2 Å². The average molecular weight is 154 g/mol. The van der Waals surface area contributed by atoms with Crippen LogP contribution in [0.25, 0.3) is 0 Å². The third kappa shape index (κ3) is 6.90. The van der Waals surface area contributed by atoms with Crippen molar-refractivity contribution in [2.75, 3.05) is 13.1 Å². The van der Waals surface area contributed by atoms with Crippen LogP contribution in [0.1, 0.15) is 6.92 Å². The van der Waals surface area contributed by atoms with Gasteiger partial charge in [-0.3, -0.25) is 9.59 Å². The van der Waals surface area contributed by atoms with Gasteiger partial charge in [0, 0.05) is 20.0 Å². The van der Waals surface area contributed by atoms with Crippen molar-refractivity contribution in [3.8, 4) is 0 Å². The maximum atomic E-state index is 10.5. The van der Waals surface area contributed by atoms with Crippen LogP contribution in [0, 0.1) is 0 Å². The molecule has 0 bridgehead atoms. The monoisotopic (exact) mass is 154 g/mol. The van der Waals surface area contributed by atoms with Gasteiger partial charge in [0.05, 0.1) is 7.85 Å². The predicted octanol–water partition coefficient (Wildman–Crippen LogP) is -1.17. The van der Waals surface area contributed by atoms with E-state index in [2.05, 4.69) is 10.6 Å². The molecule has 11 heavy (non-hydrogen) atoms. The molecule has 0 heterocycles. The van der Waals surface area contributed by atoms with Gasteiger partial charge in [0.15, 0.2) is 0 Å². The Morgan fingerprint density at radius 2 is 1.82 bits per heavy atom. The SMILES string of the molecule is [B]CC(=O)NCCNC(C)=O. The highest BCUT2D eigenvalue weighted by atomic mass is 16.2. The van der Waals surface area contributed by atoms with Crippen LogP contribution in [0.2, 0.25) is 6.32 Å².